The van der Waals surface area contributed by atoms with Gasteiger partial charge in [-0.15, -0.1) is 0 Å². The van der Waals surface area contributed by atoms with Crippen LogP contribution in [0.2, 0.25) is 0 Å². The van der Waals surface area contributed by atoms with Crippen molar-refractivity contribution in [2.24, 2.45) is 0 Å². The summed E-state index contributed by atoms with van der Waals surface area (Å²) in [5, 5.41) is 0. The predicted molar refractivity (Wildman–Crippen MR) is 105 cm³/mol. The Bertz CT molecular complexity index is 692. The highest BCUT2D eigenvalue weighted by Crippen LogP contribution is 2.25. The molecule has 0 aromatic carbocycles. The zero-order valence-corrected chi connectivity index (χ0v) is 18.1. The molecule has 0 aromatic heterocycles. The quantitative estimate of drug-likeness (QED) is 0.601. The van der Waals surface area contributed by atoms with Crippen molar-refractivity contribution in [3.05, 3.63) is 0 Å². The Morgan fingerprint density at radius 1 is 0.704 bits per heavy atom. The smallest absolute Gasteiger partial charge is 0.282 e. The van der Waals surface area contributed by atoms with Crippen LogP contribution in [0.25, 0.3) is 0 Å². The third-order valence-electron chi connectivity index (χ3n) is 6.09. The molecule has 3 aliphatic rings. The molecule has 3 rings (SSSR count). The second-order valence-corrected chi connectivity index (χ2v) is 11.7. The highest BCUT2D eigenvalue weighted by molar-refractivity contribution is 7.87. The van der Waals surface area contributed by atoms with E-state index in [1.54, 1.807) is 7.05 Å². The zero-order chi connectivity index (χ0) is 19.7. The standard InChI is InChI=1S/C16H33N5O4S2/c1-17-8-10-20(11-9-17)27(24,25)21-14-12-19(13-15-21)26(22,23)18(2)16-6-4-3-5-7-16/h16H,3-15H2,1-2H3. The van der Waals surface area contributed by atoms with E-state index in [1.807, 2.05) is 7.05 Å². The van der Waals surface area contributed by atoms with E-state index < -0.39 is 20.4 Å². The van der Waals surface area contributed by atoms with Gasteiger partial charge in [0, 0.05) is 65.4 Å². The Balaban J connectivity index is 1.59. The third-order valence-corrected chi connectivity index (χ3v) is 10.2. The van der Waals surface area contributed by atoms with Crippen molar-refractivity contribution < 1.29 is 16.8 Å². The molecule has 2 saturated heterocycles. The molecule has 0 unspecified atom stereocenters. The molecule has 0 amide bonds. The van der Waals surface area contributed by atoms with E-state index in [4.69, 9.17) is 0 Å². The maximum atomic E-state index is 12.9. The lowest BCUT2D eigenvalue weighted by molar-refractivity contribution is 0.196. The molecule has 0 spiro atoms. The number of hydrogen-bond acceptors (Lipinski definition) is 5. The maximum absolute atomic E-state index is 12.9. The molecular weight excluding hydrogens is 390 g/mol. The molecule has 0 N–H and O–H groups in total. The fourth-order valence-electron chi connectivity index (χ4n) is 4.13. The minimum Gasteiger partial charge on any atom is -0.304 e. The molecule has 0 bridgehead atoms. The van der Waals surface area contributed by atoms with Crippen molar-refractivity contribution in [2.75, 3.05) is 66.5 Å². The molecule has 158 valence electrons. The number of piperazine rings is 2. The van der Waals surface area contributed by atoms with Crippen LogP contribution in [0, 0.1) is 0 Å². The van der Waals surface area contributed by atoms with Gasteiger partial charge in [-0.1, -0.05) is 19.3 Å². The summed E-state index contributed by atoms with van der Waals surface area (Å²) in [7, 11) is -3.40. The average Bonchev–Trinajstić information content (AvgIpc) is 2.68. The minimum atomic E-state index is -3.54. The lowest BCUT2D eigenvalue weighted by atomic mass is 9.96. The Morgan fingerprint density at radius 3 is 1.67 bits per heavy atom. The van der Waals surface area contributed by atoms with Gasteiger partial charge in [0.1, 0.15) is 0 Å². The molecular formula is C16H33N5O4S2. The van der Waals surface area contributed by atoms with Gasteiger partial charge in [-0.25, -0.2) is 0 Å². The molecule has 11 heteroatoms. The van der Waals surface area contributed by atoms with E-state index in [1.165, 1.54) is 23.6 Å². The molecule has 2 heterocycles. The fraction of sp³-hybridized carbons (Fsp3) is 1.00. The Morgan fingerprint density at radius 2 is 1.15 bits per heavy atom. The van der Waals surface area contributed by atoms with Crippen LogP contribution in [0.15, 0.2) is 0 Å². The van der Waals surface area contributed by atoms with E-state index in [-0.39, 0.29) is 32.2 Å². The van der Waals surface area contributed by atoms with Crippen LogP contribution in [-0.4, -0.2) is 111 Å². The van der Waals surface area contributed by atoms with Crippen molar-refractivity contribution >= 4 is 20.4 Å². The number of rotatable bonds is 5. The number of hydrogen-bond donors (Lipinski definition) is 0. The molecule has 27 heavy (non-hydrogen) atoms. The highest BCUT2D eigenvalue weighted by atomic mass is 32.2. The second kappa shape index (κ2) is 8.60. The lowest BCUT2D eigenvalue weighted by Crippen LogP contribution is -2.58. The minimum absolute atomic E-state index is 0.0656. The summed E-state index contributed by atoms with van der Waals surface area (Å²) < 4.78 is 57.5. The molecule has 1 aliphatic carbocycles. The maximum Gasteiger partial charge on any atom is 0.282 e. The van der Waals surface area contributed by atoms with E-state index in [0.717, 1.165) is 38.8 Å². The van der Waals surface area contributed by atoms with Crippen LogP contribution in [0.1, 0.15) is 32.1 Å². The molecule has 0 atom stereocenters. The highest BCUT2D eigenvalue weighted by Gasteiger charge is 2.39. The first kappa shape index (κ1) is 21.4. The van der Waals surface area contributed by atoms with Crippen LogP contribution < -0.4 is 0 Å². The van der Waals surface area contributed by atoms with Gasteiger partial charge in [-0.3, -0.25) is 0 Å². The van der Waals surface area contributed by atoms with Gasteiger partial charge in [-0.2, -0.15) is 34.1 Å². The lowest BCUT2D eigenvalue weighted by Gasteiger charge is -2.40. The van der Waals surface area contributed by atoms with Crippen LogP contribution in [0.4, 0.5) is 0 Å². The zero-order valence-electron chi connectivity index (χ0n) is 16.5. The SMILES string of the molecule is CN1CCN(S(=O)(=O)N2CCN(S(=O)(=O)N(C)C3CCCCC3)CC2)CC1. The average molecular weight is 424 g/mol. The Labute approximate surface area is 164 Å². The molecule has 1 saturated carbocycles. The monoisotopic (exact) mass is 423 g/mol. The van der Waals surface area contributed by atoms with Crippen molar-refractivity contribution in [3.63, 3.8) is 0 Å². The summed E-state index contributed by atoms with van der Waals surface area (Å²) >= 11 is 0. The molecule has 3 fully saturated rings. The van der Waals surface area contributed by atoms with Gasteiger partial charge >= 0.3 is 0 Å². The van der Waals surface area contributed by atoms with Gasteiger partial charge < -0.3 is 4.90 Å². The molecule has 2 aliphatic heterocycles. The topological polar surface area (TPSA) is 84.5 Å². The van der Waals surface area contributed by atoms with E-state index >= 15 is 0 Å². The molecule has 0 aromatic rings. The van der Waals surface area contributed by atoms with Gasteiger partial charge in [0.05, 0.1) is 0 Å². The van der Waals surface area contributed by atoms with Gasteiger partial charge in [0.2, 0.25) is 0 Å². The van der Waals surface area contributed by atoms with Crippen LogP contribution >= 0.6 is 0 Å². The fourth-order valence-corrected chi connectivity index (χ4v) is 7.28. The summed E-state index contributed by atoms with van der Waals surface area (Å²) in [6.07, 6.45) is 5.14. The van der Waals surface area contributed by atoms with Crippen molar-refractivity contribution in [2.45, 2.75) is 38.1 Å². The van der Waals surface area contributed by atoms with E-state index in [0.29, 0.717) is 13.1 Å². The number of nitrogens with zero attached hydrogens (tertiary/aromatic N) is 5. The number of likely N-dealkylation sites (N-methyl/N-ethyl adjacent to an activating group) is 1. The van der Waals surface area contributed by atoms with E-state index in [2.05, 4.69) is 4.90 Å². The third kappa shape index (κ3) is 4.65. The first-order valence-electron chi connectivity index (χ1n) is 9.90. The van der Waals surface area contributed by atoms with Crippen molar-refractivity contribution in [1.29, 1.82) is 0 Å². The second-order valence-electron chi connectivity index (χ2n) is 7.82. The van der Waals surface area contributed by atoms with Crippen molar-refractivity contribution in [3.8, 4) is 0 Å². The van der Waals surface area contributed by atoms with Crippen molar-refractivity contribution in [1.82, 2.24) is 22.1 Å². The summed E-state index contributed by atoms with van der Waals surface area (Å²) in [5.41, 5.74) is 0. The molecule has 0 radical (unpaired) electrons. The summed E-state index contributed by atoms with van der Waals surface area (Å²) in [6.45, 7) is 3.28. The Kier molecular flexibility index (Phi) is 6.82. The van der Waals surface area contributed by atoms with Gasteiger partial charge in [0.25, 0.3) is 20.4 Å². The Hall–Kier alpha value is -0.300. The van der Waals surface area contributed by atoms with E-state index in [9.17, 15) is 16.8 Å². The predicted octanol–water partition coefficient (Wildman–Crippen LogP) is -0.394. The summed E-state index contributed by atoms with van der Waals surface area (Å²) in [4.78, 5) is 2.11. The van der Waals surface area contributed by atoms with Gasteiger partial charge in [0.15, 0.2) is 0 Å². The van der Waals surface area contributed by atoms with Crippen LogP contribution in [-0.2, 0) is 20.4 Å². The molecule has 9 nitrogen and oxygen atoms in total. The van der Waals surface area contributed by atoms with Crippen LogP contribution in [0.3, 0.4) is 0 Å². The van der Waals surface area contributed by atoms with Gasteiger partial charge in [-0.05, 0) is 19.9 Å². The summed E-state index contributed by atoms with van der Waals surface area (Å²) in [6, 6.07) is 0.0656. The van der Waals surface area contributed by atoms with Crippen LogP contribution in [0.5, 0.6) is 0 Å². The largest absolute Gasteiger partial charge is 0.304 e. The first-order chi connectivity index (χ1) is 12.7. The first-order valence-corrected chi connectivity index (χ1v) is 12.7. The normalized spacial score (nSPS) is 26.6. The summed E-state index contributed by atoms with van der Waals surface area (Å²) in [5.74, 6) is 0.